The van der Waals surface area contributed by atoms with Crippen molar-refractivity contribution in [2.24, 2.45) is 11.3 Å². The van der Waals surface area contributed by atoms with Crippen LogP contribution in [-0.2, 0) is 14.3 Å². The van der Waals surface area contributed by atoms with Crippen LogP contribution >= 0.6 is 0 Å². The maximum absolute atomic E-state index is 12.8. The zero-order chi connectivity index (χ0) is 18.7. The van der Waals surface area contributed by atoms with E-state index in [1.54, 1.807) is 24.3 Å². The van der Waals surface area contributed by atoms with E-state index in [0.717, 1.165) is 12.8 Å². The topological polar surface area (TPSA) is 67.9 Å². The molecular weight excluding hydrogens is 332 g/mol. The Morgan fingerprint density at radius 3 is 2.38 bits per heavy atom. The number of carbonyl (C=O) groups excluding carboxylic acids is 2. The van der Waals surface area contributed by atoms with Crippen LogP contribution in [0.1, 0.15) is 44.0 Å². The Labute approximate surface area is 154 Å². The highest BCUT2D eigenvalue weighted by Crippen LogP contribution is 2.27. The maximum atomic E-state index is 12.8. The third-order valence-electron chi connectivity index (χ3n) is 4.91. The largest absolute Gasteiger partial charge is 0.350 e. The van der Waals surface area contributed by atoms with Crippen molar-refractivity contribution in [1.29, 1.82) is 0 Å². The van der Waals surface area contributed by atoms with Crippen LogP contribution in [0, 0.1) is 11.3 Å². The lowest BCUT2D eigenvalue weighted by atomic mass is 9.95. The molecule has 2 aliphatic rings. The Morgan fingerprint density at radius 1 is 1.12 bits per heavy atom. The number of benzene rings is 1. The van der Waals surface area contributed by atoms with E-state index >= 15 is 0 Å². The monoisotopic (exact) mass is 360 g/mol. The maximum Gasteiger partial charge on any atom is 0.253 e. The summed E-state index contributed by atoms with van der Waals surface area (Å²) < 4.78 is 11.2. The molecule has 2 amide bonds. The highest BCUT2D eigenvalue weighted by molar-refractivity contribution is 5.98. The molecule has 0 unspecified atom stereocenters. The number of ether oxygens (including phenoxy) is 2. The van der Waals surface area contributed by atoms with Crippen molar-refractivity contribution in [2.75, 3.05) is 31.6 Å². The summed E-state index contributed by atoms with van der Waals surface area (Å²) in [5.41, 5.74) is 0.772. The van der Waals surface area contributed by atoms with Crippen LogP contribution in [0.25, 0.3) is 0 Å². The minimum Gasteiger partial charge on any atom is -0.350 e. The molecule has 0 spiro atoms. The number of rotatable bonds is 3. The van der Waals surface area contributed by atoms with Gasteiger partial charge in [0.15, 0.2) is 6.29 Å². The van der Waals surface area contributed by atoms with E-state index < -0.39 is 5.41 Å². The summed E-state index contributed by atoms with van der Waals surface area (Å²) in [6.07, 6.45) is 1.66. The van der Waals surface area contributed by atoms with Gasteiger partial charge in [-0.2, -0.15) is 0 Å². The van der Waals surface area contributed by atoms with Gasteiger partial charge in [-0.15, -0.1) is 0 Å². The SMILES string of the molecule is CC(C)(C)C(=O)Nc1cccc(C(=O)N2CCC(C3OCCO3)CC2)c1. The number of carbonyl (C=O) groups is 2. The highest BCUT2D eigenvalue weighted by atomic mass is 16.7. The number of piperidine rings is 1. The molecule has 0 bridgehead atoms. The fraction of sp³-hybridized carbons (Fsp3) is 0.600. The van der Waals surface area contributed by atoms with E-state index in [1.165, 1.54) is 0 Å². The number of amides is 2. The summed E-state index contributed by atoms with van der Waals surface area (Å²) in [6.45, 7) is 8.31. The first-order chi connectivity index (χ1) is 12.3. The van der Waals surface area contributed by atoms with E-state index in [0.29, 0.717) is 43.5 Å². The van der Waals surface area contributed by atoms with Crippen molar-refractivity contribution in [3.63, 3.8) is 0 Å². The smallest absolute Gasteiger partial charge is 0.253 e. The van der Waals surface area contributed by atoms with Crippen LogP contribution in [-0.4, -0.2) is 49.3 Å². The van der Waals surface area contributed by atoms with Gasteiger partial charge >= 0.3 is 0 Å². The predicted molar refractivity (Wildman–Crippen MR) is 98.8 cm³/mol. The van der Waals surface area contributed by atoms with Gasteiger partial charge in [-0.3, -0.25) is 9.59 Å². The molecule has 6 heteroatoms. The average molecular weight is 360 g/mol. The highest BCUT2D eigenvalue weighted by Gasteiger charge is 2.32. The van der Waals surface area contributed by atoms with E-state index in [1.807, 2.05) is 25.7 Å². The summed E-state index contributed by atoms with van der Waals surface area (Å²) in [5, 5.41) is 2.88. The second kappa shape index (κ2) is 7.76. The zero-order valence-electron chi connectivity index (χ0n) is 15.8. The van der Waals surface area contributed by atoms with Gasteiger partial charge in [0.05, 0.1) is 13.2 Å². The van der Waals surface area contributed by atoms with Gasteiger partial charge in [-0.25, -0.2) is 0 Å². The van der Waals surface area contributed by atoms with E-state index in [9.17, 15) is 9.59 Å². The predicted octanol–water partition coefficient (Wildman–Crippen LogP) is 2.90. The molecule has 2 aliphatic heterocycles. The zero-order valence-corrected chi connectivity index (χ0v) is 15.8. The van der Waals surface area contributed by atoms with Gasteiger partial charge in [-0.05, 0) is 31.0 Å². The Bertz CT molecular complexity index is 654. The summed E-state index contributed by atoms with van der Waals surface area (Å²) in [5.74, 6) is 0.294. The van der Waals surface area contributed by atoms with E-state index in [2.05, 4.69) is 5.32 Å². The normalized spacial score (nSPS) is 19.6. The first kappa shape index (κ1) is 18.9. The lowest BCUT2D eigenvalue weighted by Gasteiger charge is -2.34. The summed E-state index contributed by atoms with van der Waals surface area (Å²) in [7, 11) is 0. The second-order valence-electron chi connectivity index (χ2n) is 8.02. The van der Waals surface area contributed by atoms with Gasteiger partial charge in [0.1, 0.15) is 0 Å². The van der Waals surface area contributed by atoms with Crippen LogP contribution in [0.4, 0.5) is 5.69 Å². The van der Waals surface area contributed by atoms with Crippen LogP contribution in [0.5, 0.6) is 0 Å². The number of hydrogen-bond donors (Lipinski definition) is 1. The van der Waals surface area contributed by atoms with Crippen molar-refractivity contribution in [1.82, 2.24) is 4.90 Å². The standard InChI is InChI=1S/C20H28N2O4/c1-20(2,3)19(24)21-16-6-4-5-15(13-16)17(23)22-9-7-14(8-10-22)18-25-11-12-26-18/h4-6,13-14,18H,7-12H2,1-3H3,(H,21,24). The lowest BCUT2D eigenvalue weighted by molar-refractivity contribution is -0.123. The fourth-order valence-electron chi connectivity index (χ4n) is 3.25. The summed E-state index contributed by atoms with van der Waals surface area (Å²) in [6, 6.07) is 7.16. The van der Waals surface area contributed by atoms with Crippen LogP contribution in [0.2, 0.25) is 0 Å². The number of hydrogen-bond acceptors (Lipinski definition) is 4. The Kier molecular flexibility index (Phi) is 5.63. The summed E-state index contributed by atoms with van der Waals surface area (Å²) >= 11 is 0. The van der Waals surface area contributed by atoms with Crippen LogP contribution in [0.15, 0.2) is 24.3 Å². The first-order valence-corrected chi connectivity index (χ1v) is 9.28. The molecule has 6 nitrogen and oxygen atoms in total. The van der Waals surface area contributed by atoms with Crippen LogP contribution < -0.4 is 5.32 Å². The van der Waals surface area contributed by atoms with Crippen molar-refractivity contribution in [3.05, 3.63) is 29.8 Å². The molecule has 26 heavy (non-hydrogen) atoms. The Morgan fingerprint density at radius 2 is 1.77 bits per heavy atom. The average Bonchev–Trinajstić information content (AvgIpc) is 3.15. The Balaban J connectivity index is 1.60. The number of likely N-dealkylation sites (tertiary alicyclic amines) is 1. The molecule has 0 saturated carbocycles. The summed E-state index contributed by atoms with van der Waals surface area (Å²) in [4.78, 5) is 26.8. The number of anilines is 1. The van der Waals surface area contributed by atoms with Crippen molar-refractivity contribution in [2.45, 2.75) is 39.9 Å². The molecule has 2 saturated heterocycles. The van der Waals surface area contributed by atoms with Crippen LogP contribution in [0.3, 0.4) is 0 Å². The minimum atomic E-state index is -0.480. The second-order valence-corrected chi connectivity index (χ2v) is 8.02. The minimum absolute atomic E-state index is 0.00330. The molecule has 0 aromatic heterocycles. The van der Waals surface area contributed by atoms with E-state index in [4.69, 9.17) is 9.47 Å². The van der Waals surface area contributed by atoms with E-state index in [-0.39, 0.29) is 18.1 Å². The molecule has 142 valence electrons. The van der Waals surface area contributed by atoms with Gasteiger partial charge in [-0.1, -0.05) is 26.8 Å². The molecule has 0 radical (unpaired) electrons. The molecule has 1 aromatic carbocycles. The van der Waals surface area contributed by atoms with Crippen molar-refractivity contribution < 1.29 is 19.1 Å². The molecule has 1 N–H and O–H groups in total. The molecular formula is C20H28N2O4. The first-order valence-electron chi connectivity index (χ1n) is 9.28. The van der Waals surface area contributed by atoms with Gasteiger partial charge in [0, 0.05) is 35.7 Å². The fourth-order valence-corrected chi connectivity index (χ4v) is 3.25. The molecule has 3 rings (SSSR count). The molecule has 0 atom stereocenters. The molecule has 2 fully saturated rings. The number of nitrogens with one attached hydrogen (secondary N) is 1. The van der Waals surface area contributed by atoms with Gasteiger partial charge < -0.3 is 19.7 Å². The van der Waals surface area contributed by atoms with Crippen molar-refractivity contribution in [3.8, 4) is 0 Å². The molecule has 2 heterocycles. The van der Waals surface area contributed by atoms with Gasteiger partial charge in [0.25, 0.3) is 5.91 Å². The van der Waals surface area contributed by atoms with Gasteiger partial charge in [0.2, 0.25) is 5.91 Å². The third kappa shape index (κ3) is 4.43. The lowest BCUT2D eigenvalue weighted by Crippen LogP contribution is -2.41. The quantitative estimate of drug-likeness (QED) is 0.900. The molecule has 0 aliphatic carbocycles. The Hall–Kier alpha value is -1.92. The van der Waals surface area contributed by atoms with Crippen molar-refractivity contribution >= 4 is 17.5 Å². The third-order valence-corrected chi connectivity index (χ3v) is 4.91. The number of nitrogens with zero attached hydrogens (tertiary/aromatic N) is 1. The molecule has 1 aromatic rings.